The van der Waals surface area contributed by atoms with Gasteiger partial charge in [0.15, 0.2) is 0 Å². The zero-order valence-corrected chi connectivity index (χ0v) is 23.9. The Morgan fingerprint density at radius 1 is 1.05 bits per heavy atom. The van der Waals surface area contributed by atoms with Gasteiger partial charge in [-0.2, -0.15) is 10.4 Å². The van der Waals surface area contributed by atoms with Crippen LogP contribution in [0, 0.1) is 16.7 Å². The highest BCUT2D eigenvalue weighted by atomic mass is 16.5. The Bertz CT molecular complexity index is 1680. The van der Waals surface area contributed by atoms with Crippen LogP contribution in [0.4, 0.5) is 11.5 Å². The fourth-order valence-electron chi connectivity index (χ4n) is 8.02. The summed E-state index contributed by atoms with van der Waals surface area (Å²) in [6, 6.07) is 13.7. The fourth-order valence-corrected chi connectivity index (χ4v) is 8.02. The minimum atomic E-state index is -0.528. The maximum absolute atomic E-state index is 10.3. The first kappa shape index (κ1) is 25.5. The van der Waals surface area contributed by atoms with Crippen molar-refractivity contribution < 1.29 is 9.84 Å². The summed E-state index contributed by atoms with van der Waals surface area (Å²) in [7, 11) is 1.64. The van der Waals surface area contributed by atoms with E-state index in [-0.39, 0.29) is 5.41 Å². The van der Waals surface area contributed by atoms with Crippen LogP contribution in [0.1, 0.15) is 37.3 Å². The van der Waals surface area contributed by atoms with E-state index in [2.05, 4.69) is 55.1 Å². The van der Waals surface area contributed by atoms with E-state index >= 15 is 0 Å². The number of aliphatic hydroxyl groups is 1. The number of methoxy groups -OCH3 is 1. The quantitative estimate of drug-likeness (QED) is 0.378. The molecule has 4 saturated heterocycles. The molecule has 214 valence electrons. The third-order valence-electron chi connectivity index (χ3n) is 9.75. The number of fused-ring (bicyclic) bond motifs is 3. The van der Waals surface area contributed by atoms with Crippen LogP contribution in [0.5, 0.6) is 5.88 Å². The van der Waals surface area contributed by atoms with E-state index in [9.17, 15) is 10.4 Å². The molecular formula is C32H34N8O2. The van der Waals surface area contributed by atoms with Crippen molar-refractivity contribution in [2.45, 2.75) is 50.4 Å². The summed E-state index contributed by atoms with van der Waals surface area (Å²) in [5, 5.41) is 24.6. The molecule has 10 heteroatoms. The van der Waals surface area contributed by atoms with Gasteiger partial charge in [0.05, 0.1) is 41.9 Å². The zero-order chi connectivity index (χ0) is 28.6. The first-order valence-electron chi connectivity index (χ1n) is 14.7. The van der Waals surface area contributed by atoms with Crippen LogP contribution >= 0.6 is 0 Å². The Morgan fingerprint density at radius 3 is 2.50 bits per heavy atom. The predicted octanol–water partition coefficient (Wildman–Crippen LogP) is 3.49. The van der Waals surface area contributed by atoms with Crippen molar-refractivity contribution in [2.75, 3.05) is 43.1 Å². The molecule has 2 bridgehead atoms. The molecule has 42 heavy (non-hydrogen) atoms. The summed E-state index contributed by atoms with van der Waals surface area (Å²) in [6.07, 6.45) is 10.4. The average Bonchev–Trinajstić information content (AvgIpc) is 3.40. The van der Waals surface area contributed by atoms with Crippen molar-refractivity contribution >= 4 is 17.0 Å². The number of pyridine rings is 3. The molecule has 1 N–H and O–H groups in total. The van der Waals surface area contributed by atoms with E-state index in [0.29, 0.717) is 23.5 Å². The van der Waals surface area contributed by atoms with Crippen molar-refractivity contribution in [2.24, 2.45) is 5.41 Å². The summed E-state index contributed by atoms with van der Waals surface area (Å²) < 4.78 is 7.02. The number of piperidine rings is 1. The first-order valence-corrected chi connectivity index (χ1v) is 14.7. The minimum Gasteiger partial charge on any atom is -0.481 e. The van der Waals surface area contributed by atoms with Crippen LogP contribution < -0.4 is 14.5 Å². The summed E-state index contributed by atoms with van der Waals surface area (Å²) >= 11 is 0. The van der Waals surface area contributed by atoms with Gasteiger partial charge in [-0.3, -0.25) is 4.90 Å². The Kier molecular flexibility index (Phi) is 5.56. The molecule has 4 aliphatic heterocycles. The van der Waals surface area contributed by atoms with Gasteiger partial charge in [0.2, 0.25) is 5.88 Å². The number of rotatable bonds is 6. The van der Waals surface area contributed by atoms with Gasteiger partial charge in [-0.15, -0.1) is 0 Å². The van der Waals surface area contributed by atoms with Crippen LogP contribution in [-0.2, 0) is 6.54 Å². The van der Waals surface area contributed by atoms with Crippen LogP contribution in [0.15, 0.2) is 55.1 Å². The highest BCUT2D eigenvalue weighted by molar-refractivity contribution is 5.86. The van der Waals surface area contributed by atoms with Gasteiger partial charge >= 0.3 is 0 Å². The zero-order valence-electron chi connectivity index (χ0n) is 23.9. The summed E-state index contributed by atoms with van der Waals surface area (Å²) in [5.74, 6) is 1.63. The minimum absolute atomic E-state index is 0.222. The lowest BCUT2D eigenvalue weighted by molar-refractivity contribution is -0.126. The number of hydrogen-bond donors (Lipinski definition) is 1. The Morgan fingerprint density at radius 2 is 1.86 bits per heavy atom. The molecule has 0 aromatic carbocycles. The molecule has 1 spiro atoms. The molecule has 4 aromatic heterocycles. The van der Waals surface area contributed by atoms with E-state index < -0.39 is 5.60 Å². The monoisotopic (exact) mass is 562 g/mol. The van der Waals surface area contributed by atoms with Crippen LogP contribution in [0.25, 0.3) is 16.6 Å². The standard InChI is InChI=1S/C32H34N8O2/c1-31(41)17-32(18-31)19-38(20-32)24-8-27(30-23(9-33)12-36-40(30)16-24)22-4-5-28(34-11-22)37-14-25-7-26(15-37)39(25)13-21-3-6-29(42-2)35-10-21/h3-6,8,10-12,16,25-26,41H,7,13-15,17-20H2,1-2H3. The third kappa shape index (κ3) is 4.10. The predicted molar refractivity (Wildman–Crippen MR) is 158 cm³/mol. The smallest absolute Gasteiger partial charge is 0.212 e. The molecule has 1 saturated carbocycles. The van der Waals surface area contributed by atoms with Gasteiger partial charge in [0.1, 0.15) is 11.9 Å². The van der Waals surface area contributed by atoms with Crippen LogP contribution in [0.2, 0.25) is 0 Å². The molecule has 2 unspecified atom stereocenters. The van der Waals surface area contributed by atoms with Crippen LogP contribution in [0.3, 0.4) is 0 Å². The molecule has 1 aliphatic carbocycles. The Hall–Kier alpha value is -4.20. The second-order valence-corrected chi connectivity index (χ2v) is 13.0. The lowest BCUT2D eigenvalue weighted by Crippen LogP contribution is -2.68. The number of hydrogen-bond acceptors (Lipinski definition) is 9. The normalized spacial score (nSPS) is 23.7. The Labute approximate surface area is 244 Å². The van der Waals surface area contributed by atoms with E-state index in [0.717, 1.165) is 73.7 Å². The van der Waals surface area contributed by atoms with Crippen molar-refractivity contribution in [3.8, 4) is 23.1 Å². The number of nitrogens with zero attached hydrogens (tertiary/aromatic N) is 8. The SMILES string of the molecule is COc1ccc(CN2C3CC2CN(c2ccc(-c4cc(N5CC6(C5)CC(C)(O)C6)cn5ncc(C#N)c45)cn2)C3)cn1. The summed E-state index contributed by atoms with van der Waals surface area (Å²) in [4.78, 5) is 16.6. The second-order valence-electron chi connectivity index (χ2n) is 13.0. The van der Waals surface area contributed by atoms with Gasteiger partial charge in [-0.1, -0.05) is 6.07 Å². The number of anilines is 2. The van der Waals surface area contributed by atoms with E-state index in [4.69, 9.17) is 9.72 Å². The molecule has 2 atom stereocenters. The van der Waals surface area contributed by atoms with Crippen LogP contribution in [-0.4, -0.2) is 80.6 Å². The molecule has 5 fully saturated rings. The summed E-state index contributed by atoms with van der Waals surface area (Å²) in [5.41, 5.74) is 5.27. The number of aromatic nitrogens is 4. The maximum atomic E-state index is 10.3. The molecule has 4 aromatic rings. The van der Waals surface area contributed by atoms with E-state index in [1.165, 1.54) is 12.0 Å². The highest BCUT2D eigenvalue weighted by Gasteiger charge is 2.57. The van der Waals surface area contributed by atoms with Gasteiger partial charge in [-0.05, 0) is 49.9 Å². The number of ether oxygens (including phenoxy) is 1. The lowest BCUT2D eigenvalue weighted by Gasteiger charge is -2.62. The topological polar surface area (TPSA) is 106 Å². The lowest BCUT2D eigenvalue weighted by atomic mass is 9.56. The van der Waals surface area contributed by atoms with Gasteiger partial charge in [0, 0.05) is 79.8 Å². The van der Waals surface area contributed by atoms with E-state index in [1.54, 1.807) is 13.3 Å². The second kappa shape index (κ2) is 9.15. The molecule has 9 rings (SSSR count). The van der Waals surface area contributed by atoms with Crippen molar-refractivity contribution in [1.82, 2.24) is 24.5 Å². The molecule has 8 heterocycles. The average molecular weight is 563 g/mol. The molecule has 5 aliphatic rings. The van der Waals surface area contributed by atoms with Crippen molar-refractivity contribution in [1.29, 1.82) is 5.26 Å². The van der Waals surface area contributed by atoms with Crippen molar-refractivity contribution in [3.63, 3.8) is 0 Å². The van der Waals surface area contributed by atoms with Gasteiger partial charge < -0.3 is 19.6 Å². The maximum Gasteiger partial charge on any atom is 0.212 e. The summed E-state index contributed by atoms with van der Waals surface area (Å²) in [6.45, 7) is 6.61. The fraction of sp³-hybridized carbons (Fsp3) is 0.438. The number of piperazine rings is 1. The van der Waals surface area contributed by atoms with Crippen molar-refractivity contribution in [3.05, 3.63) is 66.2 Å². The largest absolute Gasteiger partial charge is 0.481 e. The third-order valence-corrected chi connectivity index (χ3v) is 9.75. The molecule has 10 nitrogen and oxygen atoms in total. The Balaban J connectivity index is 1.00. The van der Waals surface area contributed by atoms with Gasteiger partial charge in [0.25, 0.3) is 0 Å². The molecule has 0 radical (unpaired) electrons. The van der Waals surface area contributed by atoms with E-state index in [1.807, 2.05) is 36.1 Å². The number of nitriles is 1. The van der Waals surface area contributed by atoms with Gasteiger partial charge in [-0.25, -0.2) is 14.5 Å². The molecular weight excluding hydrogens is 528 g/mol. The first-order chi connectivity index (χ1) is 20.3. The molecule has 0 amide bonds. The highest BCUT2D eigenvalue weighted by Crippen LogP contribution is 2.55.